The van der Waals surface area contributed by atoms with Gasteiger partial charge in [-0.2, -0.15) is 0 Å². The van der Waals surface area contributed by atoms with Crippen LogP contribution in [0.5, 0.6) is 0 Å². The van der Waals surface area contributed by atoms with Gasteiger partial charge in [-0.3, -0.25) is 4.79 Å². The van der Waals surface area contributed by atoms with Gasteiger partial charge in [0.25, 0.3) is 0 Å². The van der Waals surface area contributed by atoms with E-state index >= 15 is 0 Å². The number of aryl methyl sites for hydroxylation is 1. The first-order chi connectivity index (χ1) is 11.8. The Balaban J connectivity index is 0.00000338. The van der Waals surface area contributed by atoms with Gasteiger partial charge in [-0.15, -0.1) is 12.4 Å². The van der Waals surface area contributed by atoms with Crippen molar-refractivity contribution in [3.63, 3.8) is 0 Å². The fourth-order valence-corrected chi connectivity index (χ4v) is 3.81. The number of hydrogen-bond donors (Lipinski definition) is 2. The van der Waals surface area contributed by atoms with Crippen LogP contribution in [0.15, 0.2) is 29.2 Å². The van der Waals surface area contributed by atoms with Crippen molar-refractivity contribution < 1.29 is 17.9 Å². The van der Waals surface area contributed by atoms with Crippen LogP contribution in [0.1, 0.15) is 18.4 Å². The third kappa shape index (κ3) is 6.21. The summed E-state index contributed by atoms with van der Waals surface area (Å²) < 4.78 is 32.2. The summed E-state index contributed by atoms with van der Waals surface area (Å²) in [7, 11) is -1.93. The third-order valence-corrected chi connectivity index (χ3v) is 5.98. The molecule has 9 heteroatoms. The van der Waals surface area contributed by atoms with E-state index in [1.54, 1.807) is 31.3 Å². The number of nitrogens with one attached hydrogen (secondary N) is 1. The van der Waals surface area contributed by atoms with E-state index in [4.69, 9.17) is 10.5 Å². The van der Waals surface area contributed by atoms with Crippen molar-refractivity contribution in [3.05, 3.63) is 29.8 Å². The van der Waals surface area contributed by atoms with Crippen LogP contribution < -0.4 is 10.5 Å². The molecule has 7 nitrogen and oxygen atoms in total. The topological polar surface area (TPSA) is 102 Å². The number of sulfonamides is 1. The van der Waals surface area contributed by atoms with E-state index in [1.165, 1.54) is 4.90 Å². The van der Waals surface area contributed by atoms with Crippen molar-refractivity contribution in [2.75, 3.05) is 33.4 Å². The highest BCUT2D eigenvalue weighted by Crippen LogP contribution is 2.18. The zero-order valence-corrected chi connectivity index (χ0v) is 16.8. The molecule has 0 aromatic heterocycles. The molecule has 1 unspecified atom stereocenters. The minimum absolute atomic E-state index is 0. The maximum atomic E-state index is 12.4. The Bertz CT molecular complexity index is 676. The monoisotopic (exact) mass is 405 g/mol. The van der Waals surface area contributed by atoms with E-state index in [0.717, 1.165) is 18.4 Å². The van der Waals surface area contributed by atoms with Gasteiger partial charge in [-0.05, 0) is 37.8 Å². The summed E-state index contributed by atoms with van der Waals surface area (Å²) in [5.41, 5.74) is 7.06. The number of likely N-dealkylation sites (N-methyl/N-ethyl adjacent to an activating group) is 1. The molecule has 1 amide bonds. The standard InChI is InChI=1S/C17H27N3O4S.ClH/c1-13-3-5-15(6-4-13)25(22,23)19-9-10-20(2)17(21)16(18)14-7-11-24-12-8-14;/h3-6,14,16,19H,7-12,18H2,1-2H3;1H. The first kappa shape index (κ1) is 22.9. The van der Waals surface area contributed by atoms with Gasteiger partial charge in [0.15, 0.2) is 0 Å². The van der Waals surface area contributed by atoms with Crippen molar-refractivity contribution in [2.24, 2.45) is 11.7 Å². The van der Waals surface area contributed by atoms with Gasteiger partial charge in [0.05, 0.1) is 10.9 Å². The van der Waals surface area contributed by atoms with Crippen LogP contribution in [0.25, 0.3) is 0 Å². The summed E-state index contributed by atoms with van der Waals surface area (Å²) in [6, 6.07) is 6.05. The average molecular weight is 406 g/mol. The fourth-order valence-electron chi connectivity index (χ4n) is 2.79. The lowest BCUT2D eigenvalue weighted by atomic mass is 9.91. The lowest BCUT2D eigenvalue weighted by Crippen LogP contribution is -2.49. The summed E-state index contributed by atoms with van der Waals surface area (Å²) in [4.78, 5) is 14.1. The maximum absolute atomic E-state index is 12.4. The summed E-state index contributed by atoms with van der Waals surface area (Å²) in [6.45, 7) is 3.56. The summed E-state index contributed by atoms with van der Waals surface area (Å²) in [5, 5.41) is 0. The van der Waals surface area contributed by atoms with Crippen molar-refractivity contribution in [3.8, 4) is 0 Å². The SMILES string of the molecule is Cc1ccc(S(=O)(=O)NCCN(C)C(=O)C(N)C2CCOCC2)cc1.Cl. The van der Waals surface area contributed by atoms with Gasteiger partial charge in [-0.25, -0.2) is 13.1 Å². The first-order valence-corrected chi connectivity index (χ1v) is 9.94. The fraction of sp³-hybridized carbons (Fsp3) is 0.588. The van der Waals surface area contributed by atoms with Crippen LogP contribution in [0.3, 0.4) is 0 Å². The minimum Gasteiger partial charge on any atom is -0.381 e. The predicted molar refractivity (Wildman–Crippen MR) is 103 cm³/mol. The second-order valence-electron chi connectivity index (χ2n) is 6.45. The molecule has 0 spiro atoms. The van der Waals surface area contributed by atoms with Crippen LogP contribution in [-0.2, 0) is 19.6 Å². The molecule has 3 N–H and O–H groups in total. The summed E-state index contributed by atoms with van der Waals surface area (Å²) in [6.07, 6.45) is 1.56. The molecular weight excluding hydrogens is 378 g/mol. The van der Waals surface area contributed by atoms with Crippen molar-refractivity contribution in [2.45, 2.75) is 30.7 Å². The zero-order valence-electron chi connectivity index (χ0n) is 15.2. The molecule has 0 saturated carbocycles. The Morgan fingerprint density at radius 2 is 1.88 bits per heavy atom. The van der Waals surface area contributed by atoms with Crippen LogP contribution in [0.4, 0.5) is 0 Å². The molecule has 1 aromatic rings. The number of rotatable bonds is 7. The van der Waals surface area contributed by atoms with E-state index in [9.17, 15) is 13.2 Å². The minimum atomic E-state index is -3.57. The number of halogens is 1. The number of hydrogen-bond acceptors (Lipinski definition) is 5. The van der Waals surface area contributed by atoms with Crippen LogP contribution in [0.2, 0.25) is 0 Å². The Morgan fingerprint density at radius 1 is 1.31 bits per heavy atom. The molecule has 1 aliphatic heterocycles. The molecule has 1 saturated heterocycles. The third-order valence-electron chi connectivity index (χ3n) is 4.51. The van der Waals surface area contributed by atoms with Crippen LogP contribution in [-0.4, -0.2) is 58.6 Å². The number of amides is 1. The molecule has 0 bridgehead atoms. The lowest BCUT2D eigenvalue weighted by Gasteiger charge is -2.29. The maximum Gasteiger partial charge on any atom is 0.240 e. The van der Waals surface area contributed by atoms with Gasteiger partial charge in [-0.1, -0.05) is 17.7 Å². The molecular formula is C17H28ClN3O4S. The summed E-state index contributed by atoms with van der Waals surface area (Å²) >= 11 is 0. The van der Waals surface area contributed by atoms with E-state index in [1.807, 2.05) is 6.92 Å². The Hall–Kier alpha value is -1.19. The smallest absolute Gasteiger partial charge is 0.240 e. The molecule has 1 heterocycles. The van der Waals surface area contributed by atoms with Gasteiger partial charge >= 0.3 is 0 Å². The van der Waals surface area contributed by atoms with Gasteiger partial charge in [0.1, 0.15) is 0 Å². The van der Waals surface area contributed by atoms with E-state index in [-0.39, 0.29) is 42.2 Å². The van der Waals surface area contributed by atoms with E-state index in [0.29, 0.717) is 13.2 Å². The molecule has 2 rings (SSSR count). The molecule has 26 heavy (non-hydrogen) atoms. The number of carbonyl (C=O) groups excluding carboxylic acids is 1. The normalized spacial score (nSPS) is 16.6. The van der Waals surface area contributed by atoms with Gasteiger partial charge < -0.3 is 15.4 Å². The molecule has 1 aromatic carbocycles. The number of nitrogens with two attached hydrogens (primary N) is 1. The Kier molecular flexibility index (Phi) is 8.99. The molecule has 1 atom stereocenters. The molecule has 1 fully saturated rings. The highest BCUT2D eigenvalue weighted by Gasteiger charge is 2.28. The highest BCUT2D eigenvalue weighted by atomic mass is 35.5. The van der Waals surface area contributed by atoms with Gasteiger partial charge in [0.2, 0.25) is 15.9 Å². The first-order valence-electron chi connectivity index (χ1n) is 8.46. The van der Waals surface area contributed by atoms with Gasteiger partial charge in [0, 0.05) is 33.4 Å². The molecule has 0 aliphatic carbocycles. The second-order valence-corrected chi connectivity index (χ2v) is 8.21. The Labute approximate surface area is 161 Å². The zero-order chi connectivity index (χ0) is 18.4. The number of benzene rings is 1. The molecule has 148 valence electrons. The van der Waals surface area contributed by atoms with E-state index in [2.05, 4.69) is 4.72 Å². The largest absolute Gasteiger partial charge is 0.381 e. The molecule has 0 radical (unpaired) electrons. The molecule has 1 aliphatic rings. The van der Waals surface area contributed by atoms with Crippen molar-refractivity contribution in [1.82, 2.24) is 9.62 Å². The second kappa shape index (κ2) is 10.2. The van der Waals surface area contributed by atoms with Crippen molar-refractivity contribution >= 4 is 28.3 Å². The van der Waals surface area contributed by atoms with E-state index < -0.39 is 16.1 Å². The predicted octanol–water partition coefficient (Wildman–Crippen LogP) is 0.907. The van der Waals surface area contributed by atoms with Crippen molar-refractivity contribution in [1.29, 1.82) is 0 Å². The lowest BCUT2D eigenvalue weighted by molar-refractivity contribution is -0.133. The van der Waals surface area contributed by atoms with Crippen LogP contribution in [0, 0.1) is 12.8 Å². The Morgan fingerprint density at radius 3 is 2.46 bits per heavy atom. The highest BCUT2D eigenvalue weighted by molar-refractivity contribution is 7.89. The number of nitrogens with zero attached hydrogens (tertiary/aromatic N) is 1. The number of carbonyl (C=O) groups is 1. The van der Waals surface area contributed by atoms with Crippen LogP contribution >= 0.6 is 12.4 Å². The summed E-state index contributed by atoms with van der Waals surface area (Å²) in [5.74, 6) is -0.0469. The number of ether oxygens (including phenoxy) is 1. The average Bonchev–Trinajstić information content (AvgIpc) is 2.61. The quantitative estimate of drug-likeness (QED) is 0.702.